The van der Waals surface area contributed by atoms with E-state index in [1.54, 1.807) is 19.4 Å². The SMILES string of the molecule is C=C(C)c1cc2nccc(Oc3ncc(NC(=O)C4(C(=O)Nc5ccc(F)cc5)CCC4)cc3Cl)c2cc1OC. The van der Waals surface area contributed by atoms with Crippen LogP contribution in [0.4, 0.5) is 15.8 Å². The third-order valence-electron chi connectivity index (χ3n) is 6.93. The van der Waals surface area contributed by atoms with Crippen molar-refractivity contribution in [1.29, 1.82) is 0 Å². The van der Waals surface area contributed by atoms with Crippen molar-refractivity contribution in [1.82, 2.24) is 9.97 Å². The molecule has 0 bridgehead atoms. The second-order valence-corrected chi connectivity index (χ2v) is 10.0. The van der Waals surface area contributed by atoms with E-state index in [2.05, 4.69) is 27.2 Å². The van der Waals surface area contributed by atoms with E-state index in [0.29, 0.717) is 46.6 Å². The summed E-state index contributed by atoms with van der Waals surface area (Å²) >= 11 is 6.48. The fraction of sp³-hybridized carbons (Fsp3) is 0.200. The first-order valence-electron chi connectivity index (χ1n) is 12.5. The smallest absolute Gasteiger partial charge is 0.240 e. The Morgan fingerprint density at radius 3 is 2.30 bits per heavy atom. The Morgan fingerprint density at radius 1 is 1.00 bits per heavy atom. The highest BCUT2D eigenvalue weighted by atomic mass is 35.5. The van der Waals surface area contributed by atoms with Crippen LogP contribution in [0.25, 0.3) is 16.5 Å². The largest absolute Gasteiger partial charge is 0.496 e. The van der Waals surface area contributed by atoms with Gasteiger partial charge in [-0.25, -0.2) is 9.37 Å². The number of allylic oxidation sites excluding steroid dienone is 1. The van der Waals surface area contributed by atoms with Crippen molar-refractivity contribution in [3.8, 4) is 17.4 Å². The van der Waals surface area contributed by atoms with E-state index in [9.17, 15) is 14.0 Å². The van der Waals surface area contributed by atoms with Crippen LogP contribution in [0.15, 0.2) is 67.5 Å². The normalized spacial score (nSPS) is 13.7. The fourth-order valence-electron chi connectivity index (χ4n) is 4.53. The molecule has 1 aliphatic carbocycles. The molecule has 4 aromatic rings. The summed E-state index contributed by atoms with van der Waals surface area (Å²) < 4.78 is 24.8. The molecule has 0 spiro atoms. The van der Waals surface area contributed by atoms with Gasteiger partial charge in [0.1, 0.15) is 27.8 Å². The summed E-state index contributed by atoms with van der Waals surface area (Å²) in [4.78, 5) is 35.0. The number of nitrogens with zero attached hydrogens (tertiary/aromatic N) is 2. The Hall–Kier alpha value is -4.50. The van der Waals surface area contributed by atoms with E-state index in [1.165, 1.54) is 36.5 Å². The van der Waals surface area contributed by atoms with Crippen LogP contribution in [-0.2, 0) is 9.59 Å². The first kappa shape index (κ1) is 27.1. The first-order chi connectivity index (χ1) is 19.2. The van der Waals surface area contributed by atoms with Crippen molar-refractivity contribution < 1.29 is 23.5 Å². The van der Waals surface area contributed by atoms with E-state index in [4.69, 9.17) is 21.1 Å². The average Bonchev–Trinajstić information content (AvgIpc) is 2.90. The molecule has 2 heterocycles. The summed E-state index contributed by atoms with van der Waals surface area (Å²) in [6.45, 7) is 5.88. The lowest BCUT2D eigenvalue weighted by molar-refractivity contribution is -0.142. The second-order valence-electron chi connectivity index (χ2n) is 9.62. The molecule has 2 aromatic heterocycles. The molecule has 8 nitrogen and oxygen atoms in total. The van der Waals surface area contributed by atoms with Gasteiger partial charge in [-0.05, 0) is 73.9 Å². The molecule has 0 atom stereocenters. The predicted octanol–water partition coefficient (Wildman–Crippen LogP) is 7.00. The number of halogens is 2. The molecule has 0 aliphatic heterocycles. The van der Waals surface area contributed by atoms with Gasteiger partial charge < -0.3 is 20.1 Å². The highest BCUT2D eigenvalue weighted by Crippen LogP contribution is 2.43. The van der Waals surface area contributed by atoms with Gasteiger partial charge in [-0.1, -0.05) is 24.6 Å². The topological polar surface area (TPSA) is 102 Å². The number of carbonyl (C=O) groups excluding carboxylic acids is 2. The number of ether oxygens (including phenoxy) is 2. The van der Waals surface area contributed by atoms with Crippen LogP contribution in [0.5, 0.6) is 17.4 Å². The minimum absolute atomic E-state index is 0.127. The third-order valence-corrected chi connectivity index (χ3v) is 7.20. The standard InChI is InChI=1S/C30H26ClFN4O4/c1-17(2)21-14-24-22(15-26(21)39-3)25(9-12-33-24)40-27-23(31)13-20(16-34-27)36-29(38)30(10-4-11-30)28(37)35-19-7-5-18(32)6-8-19/h5-9,12-16H,1,4,10-11H2,2-3H3,(H,35,37)(H,36,38). The van der Waals surface area contributed by atoms with E-state index in [1.807, 2.05) is 19.1 Å². The molecule has 10 heteroatoms. The minimum atomic E-state index is -1.24. The van der Waals surface area contributed by atoms with Crippen LogP contribution in [0.3, 0.4) is 0 Å². The van der Waals surface area contributed by atoms with Gasteiger partial charge in [0, 0.05) is 22.8 Å². The van der Waals surface area contributed by atoms with Crippen molar-refractivity contribution >= 4 is 51.3 Å². The average molecular weight is 561 g/mol. The Balaban J connectivity index is 1.33. The van der Waals surface area contributed by atoms with Gasteiger partial charge in [0.15, 0.2) is 0 Å². The highest BCUT2D eigenvalue weighted by Gasteiger charge is 2.50. The Kier molecular flexibility index (Phi) is 7.40. The molecule has 204 valence electrons. The number of hydrogen-bond acceptors (Lipinski definition) is 6. The summed E-state index contributed by atoms with van der Waals surface area (Å²) in [7, 11) is 1.58. The zero-order valence-corrected chi connectivity index (χ0v) is 22.6. The van der Waals surface area contributed by atoms with Gasteiger partial charge in [0.05, 0.1) is 24.5 Å². The molecule has 40 heavy (non-hydrogen) atoms. The lowest BCUT2D eigenvalue weighted by Crippen LogP contribution is -2.50. The van der Waals surface area contributed by atoms with E-state index >= 15 is 0 Å². The maximum Gasteiger partial charge on any atom is 0.240 e. The van der Waals surface area contributed by atoms with E-state index in [-0.39, 0.29) is 10.9 Å². The van der Waals surface area contributed by atoms with Crippen LogP contribution in [0.2, 0.25) is 5.02 Å². The van der Waals surface area contributed by atoms with Gasteiger partial charge in [0.25, 0.3) is 0 Å². The number of fused-ring (bicyclic) bond motifs is 1. The molecular formula is C30H26ClFN4O4. The van der Waals surface area contributed by atoms with E-state index in [0.717, 1.165) is 17.6 Å². The van der Waals surface area contributed by atoms with Crippen LogP contribution in [0, 0.1) is 11.2 Å². The van der Waals surface area contributed by atoms with Crippen LogP contribution >= 0.6 is 11.6 Å². The van der Waals surface area contributed by atoms with Crippen LogP contribution in [0.1, 0.15) is 31.7 Å². The molecule has 5 rings (SSSR count). The Bertz CT molecular complexity index is 1640. The second kappa shape index (κ2) is 10.9. The summed E-state index contributed by atoms with van der Waals surface area (Å²) in [6.07, 6.45) is 4.53. The van der Waals surface area contributed by atoms with Gasteiger partial charge in [0.2, 0.25) is 17.7 Å². The lowest BCUT2D eigenvalue weighted by Gasteiger charge is -2.38. The third kappa shape index (κ3) is 5.20. The molecule has 1 fully saturated rings. The van der Waals surface area contributed by atoms with Crippen molar-refractivity contribution in [2.75, 3.05) is 17.7 Å². The Morgan fingerprint density at radius 2 is 1.70 bits per heavy atom. The number of pyridine rings is 2. The maximum atomic E-state index is 13.2. The summed E-state index contributed by atoms with van der Waals surface area (Å²) in [5.41, 5.74) is 1.84. The monoisotopic (exact) mass is 560 g/mol. The quantitative estimate of drug-likeness (QED) is 0.225. The number of carbonyl (C=O) groups is 2. The van der Waals surface area contributed by atoms with Gasteiger partial charge in [-0.2, -0.15) is 0 Å². The maximum absolute atomic E-state index is 13.2. The molecule has 0 unspecified atom stereocenters. The molecule has 2 N–H and O–H groups in total. The zero-order valence-electron chi connectivity index (χ0n) is 21.9. The number of hydrogen-bond donors (Lipinski definition) is 2. The molecule has 0 saturated heterocycles. The molecule has 2 amide bonds. The molecule has 0 radical (unpaired) electrons. The molecule has 1 aliphatic rings. The minimum Gasteiger partial charge on any atom is -0.496 e. The van der Waals surface area contributed by atoms with Crippen LogP contribution < -0.4 is 20.1 Å². The molecular weight excluding hydrogens is 535 g/mol. The van der Waals surface area contributed by atoms with Crippen molar-refractivity contribution in [2.45, 2.75) is 26.2 Å². The number of anilines is 2. The van der Waals surface area contributed by atoms with Gasteiger partial charge >= 0.3 is 0 Å². The summed E-state index contributed by atoms with van der Waals surface area (Å²) in [5.74, 6) is -0.110. The zero-order chi connectivity index (χ0) is 28.4. The van der Waals surface area contributed by atoms with Gasteiger partial charge in [-0.15, -0.1) is 0 Å². The van der Waals surface area contributed by atoms with Crippen LogP contribution in [-0.4, -0.2) is 28.9 Å². The number of benzene rings is 2. The number of nitrogens with one attached hydrogen (secondary N) is 2. The van der Waals surface area contributed by atoms with Crippen molar-refractivity contribution in [3.05, 3.63) is 83.9 Å². The lowest BCUT2D eigenvalue weighted by atomic mass is 9.67. The number of methoxy groups -OCH3 is 1. The summed E-state index contributed by atoms with van der Waals surface area (Å²) in [6, 6.07) is 12.3. The predicted molar refractivity (Wildman–Crippen MR) is 152 cm³/mol. The van der Waals surface area contributed by atoms with Gasteiger partial charge in [-0.3, -0.25) is 14.6 Å². The molecule has 2 aromatic carbocycles. The number of amides is 2. The Labute approximate surface area is 235 Å². The molecule has 1 saturated carbocycles. The van der Waals surface area contributed by atoms with E-state index < -0.39 is 23.0 Å². The summed E-state index contributed by atoms with van der Waals surface area (Å²) in [5, 5.41) is 6.32. The van der Waals surface area contributed by atoms with Crippen molar-refractivity contribution in [2.24, 2.45) is 5.41 Å². The number of aromatic nitrogens is 2. The first-order valence-corrected chi connectivity index (χ1v) is 12.9. The number of rotatable bonds is 8. The fourth-order valence-corrected chi connectivity index (χ4v) is 4.74. The highest BCUT2D eigenvalue weighted by molar-refractivity contribution is 6.32. The van der Waals surface area contributed by atoms with Crippen molar-refractivity contribution in [3.63, 3.8) is 0 Å².